The Morgan fingerprint density at radius 3 is 3.08 bits per heavy atom. The summed E-state index contributed by atoms with van der Waals surface area (Å²) >= 11 is 0. The Balaban J connectivity index is 2.17. The quantitative estimate of drug-likeness (QED) is 0.619. The smallest absolute Gasteiger partial charge is 0.0202 e. The van der Waals surface area contributed by atoms with Gasteiger partial charge in [-0.25, -0.2) is 0 Å². The van der Waals surface area contributed by atoms with E-state index in [0.717, 1.165) is 26.1 Å². The molecule has 1 rings (SSSR count). The van der Waals surface area contributed by atoms with Crippen molar-refractivity contribution in [1.82, 2.24) is 10.6 Å². The SMILES string of the molecule is CNCCNCC1=CCC=CC=C1. The molecule has 0 heterocycles. The Morgan fingerprint density at radius 1 is 1.31 bits per heavy atom. The average Bonchev–Trinajstić information content (AvgIpc) is 2.41. The van der Waals surface area contributed by atoms with Crippen molar-refractivity contribution in [3.63, 3.8) is 0 Å². The third-order valence-corrected chi connectivity index (χ3v) is 1.95. The van der Waals surface area contributed by atoms with Crippen LogP contribution in [0.15, 0.2) is 36.0 Å². The van der Waals surface area contributed by atoms with Crippen molar-refractivity contribution in [2.45, 2.75) is 6.42 Å². The standard InChI is InChI=1S/C11H18N2/c1-12-8-9-13-10-11-6-4-2-3-5-7-11/h2-4,6-7,12-13H,5,8-10H2,1H3. The molecule has 0 amide bonds. The molecule has 2 heteroatoms. The third-order valence-electron chi connectivity index (χ3n) is 1.95. The summed E-state index contributed by atoms with van der Waals surface area (Å²) in [6.45, 7) is 3.02. The van der Waals surface area contributed by atoms with E-state index in [4.69, 9.17) is 0 Å². The predicted molar refractivity (Wildman–Crippen MR) is 57.8 cm³/mol. The number of allylic oxidation sites excluding steroid dienone is 4. The second-order valence-electron chi connectivity index (χ2n) is 3.08. The van der Waals surface area contributed by atoms with E-state index in [2.05, 4.69) is 41.0 Å². The van der Waals surface area contributed by atoms with Crippen LogP contribution in [0, 0.1) is 0 Å². The molecular formula is C11H18N2. The van der Waals surface area contributed by atoms with E-state index in [0.29, 0.717) is 0 Å². The van der Waals surface area contributed by atoms with Gasteiger partial charge in [0, 0.05) is 19.6 Å². The molecule has 0 atom stereocenters. The van der Waals surface area contributed by atoms with Crippen LogP contribution >= 0.6 is 0 Å². The highest BCUT2D eigenvalue weighted by Gasteiger charge is 1.92. The molecule has 0 bridgehead atoms. The largest absolute Gasteiger partial charge is 0.318 e. The fourth-order valence-corrected chi connectivity index (χ4v) is 1.20. The van der Waals surface area contributed by atoms with Crippen LogP contribution in [0.1, 0.15) is 6.42 Å². The fourth-order valence-electron chi connectivity index (χ4n) is 1.20. The first-order chi connectivity index (χ1) is 6.43. The first kappa shape index (κ1) is 10.2. The van der Waals surface area contributed by atoms with Gasteiger partial charge in [0.05, 0.1) is 0 Å². The van der Waals surface area contributed by atoms with Crippen molar-refractivity contribution in [3.8, 4) is 0 Å². The summed E-state index contributed by atoms with van der Waals surface area (Å²) in [7, 11) is 1.97. The van der Waals surface area contributed by atoms with Crippen molar-refractivity contribution in [2.75, 3.05) is 26.7 Å². The molecule has 0 aromatic carbocycles. The summed E-state index contributed by atoms with van der Waals surface area (Å²) in [6.07, 6.45) is 11.8. The molecule has 1 aliphatic rings. The molecular weight excluding hydrogens is 160 g/mol. The van der Waals surface area contributed by atoms with Crippen LogP contribution in [0.5, 0.6) is 0 Å². The van der Waals surface area contributed by atoms with Crippen LogP contribution in [0.3, 0.4) is 0 Å². The third kappa shape index (κ3) is 4.65. The highest BCUT2D eigenvalue weighted by atomic mass is 14.9. The molecule has 72 valence electrons. The zero-order valence-electron chi connectivity index (χ0n) is 8.22. The van der Waals surface area contributed by atoms with Crippen LogP contribution < -0.4 is 10.6 Å². The lowest BCUT2D eigenvalue weighted by Crippen LogP contribution is -2.26. The van der Waals surface area contributed by atoms with Gasteiger partial charge in [0.1, 0.15) is 0 Å². The van der Waals surface area contributed by atoms with Gasteiger partial charge in [-0.2, -0.15) is 0 Å². The summed E-state index contributed by atoms with van der Waals surface area (Å²) in [5, 5.41) is 6.48. The maximum absolute atomic E-state index is 3.37. The Hall–Kier alpha value is -0.860. The normalized spacial score (nSPS) is 15.6. The fraction of sp³-hybridized carbons (Fsp3) is 0.455. The summed E-state index contributed by atoms with van der Waals surface area (Å²) in [6, 6.07) is 0. The molecule has 0 saturated carbocycles. The van der Waals surface area contributed by atoms with Crippen LogP contribution in [0.25, 0.3) is 0 Å². The van der Waals surface area contributed by atoms with Crippen molar-refractivity contribution >= 4 is 0 Å². The van der Waals surface area contributed by atoms with Crippen molar-refractivity contribution < 1.29 is 0 Å². The van der Waals surface area contributed by atoms with Crippen LogP contribution in [0.2, 0.25) is 0 Å². The van der Waals surface area contributed by atoms with E-state index in [9.17, 15) is 0 Å². The second-order valence-corrected chi connectivity index (χ2v) is 3.08. The summed E-state index contributed by atoms with van der Waals surface area (Å²) < 4.78 is 0. The first-order valence-electron chi connectivity index (χ1n) is 4.81. The average molecular weight is 178 g/mol. The minimum absolute atomic E-state index is 0.972. The number of rotatable bonds is 5. The Kier molecular flexibility index (Phi) is 5.22. The van der Waals surface area contributed by atoms with E-state index >= 15 is 0 Å². The minimum Gasteiger partial charge on any atom is -0.318 e. The molecule has 1 aliphatic carbocycles. The van der Waals surface area contributed by atoms with E-state index < -0.39 is 0 Å². The molecule has 13 heavy (non-hydrogen) atoms. The molecule has 0 aliphatic heterocycles. The van der Waals surface area contributed by atoms with Gasteiger partial charge in [-0.1, -0.05) is 30.4 Å². The molecule has 0 aromatic rings. The first-order valence-corrected chi connectivity index (χ1v) is 4.81. The molecule has 0 spiro atoms. The van der Waals surface area contributed by atoms with Gasteiger partial charge in [0.2, 0.25) is 0 Å². The van der Waals surface area contributed by atoms with Gasteiger partial charge >= 0.3 is 0 Å². The monoisotopic (exact) mass is 178 g/mol. The lowest BCUT2D eigenvalue weighted by molar-refractivity contribution is 0.683. The minimum atomic E-state index is 0.972. The molecule has 0 radical (unpaired) electrons. The van der Waals surface area contributed by atoms with Crippen molar-refractivity contribution in [3.05, 3.63) is 36.0 Å². The molecule has 0 saturated heterocycles. The molecule has 2 N–H and O–H groups in total. The van der Waals surface area contributed by atoms with Gasteiger partial charge in [-0.3, -0.25) is 0 Å². The Morgan fingerprint density at radius 2 is 2.23 bits per heavy atom. The Labute approximate surface area is 80.4 Å². The van der Waals surface area contributed by atoms with Crippen molar-refractivity contribution in [2.24, 2.45) is 0 Å². The molecule has 2 nitrogen and oxygen atoms in total. The van der Waals surface area contributed by atoms with E-state index in [-0.39, 0.29) is 0 Å². The zero-order valence-corrected chi connectivity index (χ0v) is 8.22. The van der Waals surface area contributed by atoms with Gasteiger partial charge < -0.3 is 10.6 Å². The van der Waals surface area contributed by atoms with Crippen LogP contribution in [0.4, 0.5) is 0 Å². The summed E-state index contributed by atoms with van der Waals surface area (Å²) in [5.74, 6) is 0. The highest BCUT2D eigenvalue weighted by molar-refractivity contribution is 5.27. The number of hydrogen-bond acceptors (Lipinski definition) is 2. The molecule has 0 fully saturated rings. The number of nitrogens with one attached hydrogen (secondary N) is 2. The number of hydrogen-bond donors (Lipinski definition) is 2. The van der Waals surface area contributed by atoms with Crippen LogP contribution in [-0.2, 0) is 0 Å². The molecule has 0 unspecified atom stereocenters. The maximum atomic E-state index is 3.37. The summed E-state index contributed by atoms with van der Waals surface area (Å²) in [4.78, 5) is 0. The topological polar surface area (TPSA) is 24.1 Å². The lowest BCUT2D eigenvalue weighted by Gasteiger charge is -2.04. The highest BCUT2D eigenvalue weighted by Crippen LogP contribution is 2.03. The van der Waals surface area contributed by atoms with Crippen LogP contribution in [-0.4, -0.2) is 26.7 Å². The van der Waals surface area contributed by atoms with E-state index in [1.54, 1.807) is 0 Å². The second kappa shape index (κ2) is 6.63. The van der Waals surface area contributed by atoms with Gasteiger partial charge in [0.15, 0.2) is 0 Å². The predicted octanol–water partition coefficient (Wildman–Crippen LogP) is 1.24. The summed E-state index contributed by atoms with van der Waals surface area (Å²) in [5.41, 5.74) is 1.38. The number of likely N-dealkylation sites (N-methyl/N-ethyl adjacent to an activating group) is 1. The maximum Gasteiger partial charge on any atom is 0.0202 e. The van der Waals surface area contributed by atoms with Crippen molar-refractivity contribution in [1.29, 1.82) is 0 Å². The molecule has 0 aromatic heterocycles. The van der Waals surface area contributed by atoms with E-state index in [1.165, 1.54) is 5.57 Å². The van der Waals surface area contributed by atoms with Gasteiger partial charge in [-0.05, 0) is 19.0 Å². The Bertz CT molecular complexity index is 214. The van der Waals surface area contributed by atoms with Gasteiger partial charge in [0.25, 0.3) is 0 Å². The van der Waals surface area contributed by atoms with E-state index in [1.807, 2.05) is 7.05 Å². The van der Waals surface area contributed by atoms with Gasteiger partial charge in [-0.15, -0.1) is 0 Å². The zero-order chi connectivity index (χ0) is 9.36. The lowest BCUT2D eigenvalue weighted by atomic mass is 10.2.